The highest BCUT2D eigenvalue weighted by atomic mass is 16.3. The predicted octanol–water partition coefficient (Wildman–Crippen LogP) is 12.1. The second-order valence-electron chi connectivity index (χ2n) is 14.3. The van der Waals surface area contributed by atoms with Crippen molar-refractivity contribution in [3.63, 3.8) is 0 Å². The quantitative estimate of drug-likeness (QED) is 0.0474. The maximum Gasteiger partial charge on any atom is 0.220 e. The number of carbonyl (C=O) groups excluding carboxylic acids is 1. The Morgan fingerprint density at radius 2 is 1.00 bits per heavy atom. The molecule has 3 unspecified atom stereocenters. The van der Waals surface area contributed by atoms with Crippen LogP contribution in [0.25, 0.3) is 0 Å². The van der Waals surface area contributed by atoms with Gasteiger partial charge < -0.3 is 15.5 Å². The van der Waals surface area contributed by atoms with E-state index in [-0.39, 0.29) is 12.5 Å². The first-order chi connectivity index (χ1) is 22.0. The van der Waals surface area contributed by atoms with Crippen LogP contribution in [0, 0.1) is 5.92 Å². The smallest absolute Gasteiger partial charge is 0.220 e. The van der Waals surface area contributed by atoms with Gasteiger partial charge in [-0.1, -0.05) is 206 Å². The minimum absolute atomic E-state index is 0.0617. The molecular formula is C41H81NO3. The molecular weight excluding hydrogens is 554 g/mol. The fourth-order valence-corrected chi connectivity index (χ4v) is 6.27. The molecule has 0 aromatic heterocycles. The summed E-state index contributed by atoms with van der Waals surface area (Å²) in [6.07, 6.45) is 43.0. The minimum atomic E-state index is -0.834. The molecule has 0 aromatic rings. The summed E-state index contributed by atoms with van der Waals surface area (Å²) in [5, 5.41) is 22.9. The predicted molar refractivity (Wildman–Crippen MR) is 198 cm³/mol. The Balaban J connectivity index is 3.56. The van der Waals surface area contributed by atoms with Crippen LogP contribution in [-0.2, 0) is 4.79 Å². The molecule has 0 aliphatic rings. The van der Waals surface area contributed by atoms with E-state index in [4.69, 9.17) is 0 Å². The number of hydrogen-bond acceptors (Lipinski definition) is 3. The molecule has 0 spiro atoms. The molecule has 0 aliphatic heterocycles. The lowest BCUT2D eigenvalue weighted by atomic mass is 9.99. The molecule has 0 aliphatic carbocycles. The Morgan fingerprint density at radius 3 is 1.42 bits per heavy atom. The van der Waals surface area contributed by atoms with Gasteiger partial charge in [0, 0.05) is 6.42 Å². The van der Waals surface area contributed by atoms with E-state index in [0.717, 1.165) is 31.6 Å². The van der Waals surface area contributed by atoms with E-state index >= 15 is 0 Å². The molecule has 3 atom stereocenters. The van der Waals surface area contributed by atoms with Crippen molar-refractivity contribution in [3.05, 3.63) is 12.2 Å². The zero-order valence-electron chi connectivity index (χ0n) is 30.8. The summed E-state index contributed by atoms with van der Waals surface area (Å²) >= 11 is 0. The zero-order valence-corrected chi connectivity index (χ0v) is 30.8. The molecule has 45 heavy (non-hydrogen) atoms. The molecule has 3 N–H and O–H groups in total. The summed E-state index contributed by atoms with van der Waals surface area (Å²) in [4.78, 5) is 12.3. The third-order valence-electron chi connectivity index (χ3n) is 9.81. The topological polar surface area (TPSA) is 69.6 Å². The molecule has 0 rings (SSSR count). The summed E-state index contributed by atoms with van der Waals surface area (Å²) in [5.74, 6) is 0.821. The van der Waals surface area contributed by atoms with Gasteiger partial charge in [-0.3, -0.25) is 4.79 Å². The number of carbonyl (C=O) groups is 1. The number of allylic oxidation sites excluding steroid dienone is 1. The molecule has 0 aromatic carbocycles. The average molecular weight is 636 g/mol. The Hall–Kier alpha value is -0.870. The average Bonchev–Trinajstić information content (AvgIpc) is 3.04. The van der Waals surface area contributed by atoms with Gasteiger partial charge in [0.1, 0.15) is 0 Å². The fourth-order valence-electron chi connectivity index (χ4n) is 6.27. The Bertz CT molecular complexity index is 622. The van der Waals surface area contributed by atoms with Crippen LogP contribution in [0.15, 0.2) is 12.2 Å². The van der Waals surface area contributed by atoms with Crippen molar-refractivity contribution in [2.24, 2.45) is 5.92 Å². The van der Waals surface area contributed by atoms with Crippen molar-refractivity contribution in [1.82, 2.24) is 5.32 Å². The summed E-state index contributed by atoms with van der Waals surface area (Å²) < 4.78 is 0. The standard InChI is InChI=1S/C41H81NO3/c1-4-6-7-8-9-10-11-12-13-14-15-16-17-18-19-24-27-30-33-36-41(45)42-39(37-43)40(44)35-32-29-26-23-21-20-22-25-28-31-34-38(3)5-2/h32,35,38-40,43-44H,4-31,33-34,36-37H2,1-3H3,(H,42,45). The number of nitrogens with one attached hydrogen (secondary N) is 1. The van der Waals surface area contributed by atoms with Gasteiger partial charge in [-0.15, -0.1) is 0 Å². The van der Waals surface area contributed by atoms with Crippen molar-refractivity contribution in [2.75, 3.05) is 6.61 Å². The van der Waals surface area contributed by atoms with Gasteiger partial charge in [0.05, 0.1) is 18.8 Å². The van der Waals surface area contributed by atoms with E-state index in [9.17, 15) is 15.0 Å². The van der Waals surface area contributed by atoms with Gasteiger partial charge in [0.25, 0.3) is 0 Å². The maximum absolute atomic E-state index is 12.3. The van der Waals surface area contributed by atoms with E-state index < -0.39 is 12.1 Å². The lowest BCUT2D eigenvalue weighted by molar-refractivity contribution is -0.123. The van der Waals surface area contributed by atoms with Gasteiger partial charge in [-0.25, -0.2) is 0 Å². The number of amides is 1. The van der Waals surface area contributed by atoms with Crippen LogP contribution >= 0.6 is 0 Å². The first-order valence-corrected chi connectivity index (χ1v) is 20.3. The first-order valence-electron chi connectivity index (χ1n) is 20.3. The fraction of sp³-hybridized carbons (Fsp3) is 0.927. The number of rotatable bonds is 36. The zero-order chi connectivity index (χ0) is 33.1. The Kier molecular flexibility index (Phi) is 35.3. The van der Waals surface area contributed by atoms with Crippen LogP contribution < -0.4 is 5.32 Å². The molecule has 0 saturated heterocycles. The number of unbranched alkanes of at least 4 members (excludes halogenated alkanes) is 26. The SMILES string of the molecule is CCCCCCCCCCCCCCCCCCCCCC(=O)NC(CO)C(O)C=CCCCCCCCCCCC(C)CC. The van der Waals surface area contributed by atoms with E-state index in [0.29, 0.717) is 6.42 Å². The molecule has 0 bridgehead atoms. The number of aliphatic hydroxyl groups is 2. The third-order valence-corrected chi connectivity index (χ3v) is 9.81. The highest BCUT2D eigenvalue weighted by molar-refractivity contribution is 5.76. The summed E-state index contributed by atoms with van der Waals surface area (Å²) in [6, 6.07) is -0.616. The number of aliphatic hydroxyl groups excluding tert-OH is 2. The largest absolute Gasteiger partial charge is 0.394 e. The van der Waals surface area contributed by atoms with Crippen molar-refractivity contribution in [1.29, 1.82) is 0 Å². The van der Waals surface area contributed by atoms with E-state index in [2.05, 4.69) is 26.1 Å². The third kappa shape index (κ3) is 32.8. The van der Waals surface area contributed by atoms with Gasteiger partial charge in [0.15, 0.2) is 0 Å². The van der Waals surface area contributed by atoms with Crippen LogP contribution in [0.5, 0.6) is 0 Å². The van der Waals surface area contributed by atoms with Gasteiger partial charge in [-0.2, -0.15) is 0 Å². The van der Waals surface area contributed by atoms with E-state index in [1.54, 1.807) is 6.08 Å². The monoisotopic (exact) mass is 636 g/mol. The Labute approximate surface area is 282 Å². The highest BCUT2D eigenvalue weighted by Crippen LogP contribution is 2.16. The molecule has 268 valence electrons. The highest BCUT2D eigenvalue weighted by Gasteiger charge is 2.17. The molecule has 1 amide bonds. The second-order valence-corrected chi connectivity index (χ2v) is 14.3. The normalized spacial score (nSPS) is 13.8. The van der Waals surface area contributed by atoms with Crippen LogP contribution in [0.4, 0.5) is 0 Å². The van der Waals surface area contributed by atoms with Crippen LogP contribution in [-0.4, -0.2) is 34.9 Å². The van der Waals surface area contributed by atoms with Crippen molar-refractivity contribution in [3.8, 4) is 0 Å². The van der Waals surface area contributed by atoms with Crippen LogP contribution in [0.1, 0.15) is 220 Å². The molecule has 0 fully saturated rings. The molecule has 0 heterocycles. The summed E-state index contributed by atoms with van der Waals surface area (Å²) in [7, 11) is 0. The first kappa shape index (κ1) is 44.1. The van der Waals surface area contributed by atoms with E-state index in [1.807, 2.05) is 6.08 Å². The lowest BCUT2D eigenvalue weighted by Crippen LogP contribution is -2.45. The Morgan fingerprint density at radius 1 is 0.600 bits per heavy atom. The second kappa shape index (κ2) is 36.0. The van der Waals surface area contributed by atoms with Crippen molar-refractivity contribution < 1.29 is 15.0 Å². The molecule has 0 saturated carbocycles. The molecule has 4 heteroatoms. The van der Waals surface area contributed by atoms with Crippen LogP contribution in [0.3, 0.4) is 0 Å². The molecule has 0 radical (unpaired) electrons. The van der Waals surface area contributed by atoms with Gasteiger partial charge >= 0.3 is 0 Å². The van der Waals surface area contributed by atoms with Crippen LogP contribution in [0.2, 0.25) is 0 Å². The van der Waals surface area contributed by atoms with Crippen molar-refractivity contribution >= 4 is 5.91 Å². The molecule has 4 nitrogen and oxygen atoms in total. The van der Waals surface area contributed by atoms with E-state index in [1.165, 1.54) is 167 Å². The van der Waals surface area contributed by atoms with Gasteiger partial charge in [-0.05, 0) is 25.2 Å². The lowest BCUT2D eigenvalue weighted by Gasteiger charge is -2.20. The summed E-state index contributed by atoms with van der Waals surface area (Å²) in [6.45, 7) is 6.69. The maximum atomic E-state index is 12.3. The summed E-state index contributed by atoms with van der Waals surface area (Å²) in [5.41, 5.74) is 0. The van der Waals surface area contributed by atoms with Gasteiger partial charge in [0.2, 0.25) is 5.91 Å². The minimum Gasteiger partial charge on any atom is -0.394 e. The van der Waals surface area contributed by atoms with Crippen molar-refractivity contribution in [2.45, 2.75) is 232 Å². The number of hydrogen-bond donors (Lipinski definition) is 3.